The third-order valence-corrected chi connectivity index (χ3v) is 7.62. The van der Waals surface area contributed by atoms with Gasteiger partial charge < -0.3 is 5.32 Å². The molecule has 148 valence electrons. The van der Waals surface area contributed by atoms with Crippen molar-refractivity contribution in [1.82, 2.24) is 15.1 Å². The van der Waals surface area contributed by atoms with E-state index in [2.05, 4.69) is 10.4 Å². The molecule has 6 nitrogen and oxygen atoms in total. The van der Waals surface area contributed by atoms with Crippen molar-refractivity contribution in [2.24, 2.45) is 0 Å². The van der Waals surface area contributed by atoms with Crippen molar-refractivity contribution in [3.8, 4) is 5.69 Å². The van der Waals surface area contributed by atoms with Crippen molar-refractivity contribution < 1.29 is 13.2 Å². The maximum atomic E-state index is 13.1. The summed E-state index contributed by atoms with van der Waals surface area (Å²) in [5.41, 5.74) is 5.16. The number of hydrogen-bond donors (Lipinski definition) is 1. The van der Waals surface area contributed by atoms with E-state index in [1.54, 1.807) is 24.3 Å². The van der Waals surface area contributed by atoms with Crippen LogP contribution < -0.4 is 5.32 Å². The topological polar surface area (TPSA) is 81.1 Å². The van der Waals surface area contributed by atoms with E-state index < -0.39 is 15.9 Å². The van der Waals surface area contributed by atoms with E-state index in [0.717, 1.165) is 41.8 Å². The summed E-state index contributed by atoms with van der Waals surface area (Å²) < 4.78 is 26.7. The fraction of sp³-hybridized carbons (Fsp3) is 0.273. The number of carbonyl (C=O) groups is 1. The van der Waals surface area contributed by atoms with Crippen molar-refractivity contribution in [2.45, 2.75) is 37.1 Å². The van der Waals surface area contributed by atoms with Gasteiger partial charge >= 0.3 is 0 Å². The summed E-state index contributed by atoms with van der Waals surface area (Å²) in [6.45, 7) is 2.03. The SMILES string of the molecule is Cc1ccccc1-n1nc(C(=O)N[C@@H]2CS(=O)(=O)c3ccccc32)c2c1CCC2. The number of aromatic nitrogens is 2. The smallest absolute Gasteiger partial charge is 0.272 e. The Balaban J connectivity index is 1.51. The van der Waals surface area contributed by atoms with Crippen LogP contribution in [0, 0.1) is 6.92 Å². The molecule has 1 aromatic heterocycles. The van der Waals surface area contributed by atoms with E-state index in [1.807, 2.05) is 35.9 Å². The van der Waals surface area contributed by atoms with E-state index in [1.165, 1.54) is 0 Å². The van der Waals surface area contributed by atoms with Gasteiger partial charge in [-0.1, -0.05) is 36.4 Å². The normalized spacial score (nSPS) is 19.0. The van der Waals surface area contributed by atoms with Crippen molar-refractivity contribution in [3.05, 3.63) is 76.6 Å². The minimum atomic E-state index is -3.38. The Morgan fingerprint density at radius 2 is 1.86 bits per heavy atom. The van der Waals surface area contributed by atoms with Crippen LogP contribution in [0.3, 0.4) is 0 Å². The Bertz CT molecular complexity index is 1240. The fourth-order valence-electron chi connectivity index (χ4n) is 4.42. The summed E-state index contributed by atoms with van der Waals surface area (Å²) >= 11 is 0. The number of fused-ring (bicyclic) bond motifs is 2. The minimum Gasteiger partial charge on any atom is -0.343 e. The molecule has 1 amide bonds. The van der Waals surface area contributed by atoms with Crippen molar-refractivity contribution in [3.63, 3.8) is 0 Å². The molecular formula is C22H21N3O3S. The molecule has 0 saturated heterocycles. The lowest BCUT2D eigenvalue weighted by Gasteiger charge is -2.12. The second-order valence-electron chi connectivity index (χ2n) is 7.67. The van der Waals surface area contributed by atoms with Crippen LogP contribution in [0.25, 0.3) is 5.69 Å². The van der Waals surface area contributed by atoms with Crippen LogP contribution in [0.4, 0.5) is 0 Å². The molecule has 1 N–H and O–H groups in total. The van der Waals surface area contributed by atoms with Gasteiger partial charge in [0.25, 0.3) is 5.91 Å². The summed E-state index contributed by atoms with van der Waals surface area (Å²) in [7, 11) is -3.38. The number of amides is 1. The number of nitrogens with one attached hydrogen (secondary N) is 1. The fourth-order valence-corrected chi connectivity index (χ4v) is 6.15. The maximum Gasteiger partial charge on any atom is 0.272 e. The highest BCUT2D eigenvalue weighted by Crippen LogP contribution is 2.34. The van der Waals surface area contributed by atoms with Gasteiger partial charge in [0.05, 0.1) is 22.4 Å². The molecule has 1 aliphatic heterocycles. The molecule has 29 heavy (non-hydrogen) atoms. The van der Waals surface area contributed by atoms with Gasteiger partial charge in [0.15, 0.2) is 15.5 Å². The Morgan fingerprint density at radius 1 is 1.10 bits per heavy atom. The zero-order chi connectivity index (χ0) is 20.2. The lowest BCUT2D eigenvalue weighted by Crippen LogP contribution is -2.30. The van der Waals surface area contributed by atoms with Crippen LogP contribution in [0.1, 0.15) is 45.3 Å². The zero-order valence-corrected chi connectivity index (χ0v) is 16.9. The maximum absolute atomic E-state index is 13.1. The molecule has 2 aromatic carbocycles. The van der Waals surface area contributed by atoms with Crippen molar-refractivity contribution in [2.75, 3.05) is 5.75 Å². The lowest BCUT2D eigenvalue weighted by atomic mass is 10.1. The molecule has 0 radical (unpaired) electrons. The minimum absolute atomic E-state index is 0.112. The van der Waals surface area contributed by atoms with Crippen LogP contribution >= 0.6 is 0 Å². The molecule has 2 aliphatic rings. The van der Waals surface area contributed by atoms with Crippen LogP contribution in [0.2, 0.25) is 0 Å². The summed E-state index contributed by atoms with van der Waals surface area (Å²) in [5, 5.41) is 7.57. The predicted octanol–water partition coefficient (Wildman–Crippen LogP) is 2.93. The van der Waals surface area contributed by atoms with E-state index in [0.29, 0.717) is 16.2 Å². The van der Waals surface area contributed by atoms with Gasteiger partial charge in [-0.25, -0.2) is 13.1 Å². The average molecular weight is 407 g/mol. The summed E-state index contributed by atoms with van der Waals surface area (Å²) in [6, 6.07) is 14.3. The first-order chi connectivity index (χ1) is 14.0. The van der Waals surface area contributed by atoms with Gasteiger partial charge in [-0.2, -0.15) is 5.10 Å². The van der Waals surface area contributed by atoms with Gasteiger partial charge in [-0.05, 0) is 49.4 Å². The van der Waals surface area contributed by atoms with Gasteiger partial charge in [0, 0.05) is 11.3 Å². The predicted molar refractivity (Wildman–Crippen MR) is 109 cm³/mol. The Kier molecular flexibility index (Phi) is 4.10. The van der Waals surface area contributed by atoms with Crippen LogP contribution in [0.5, 0.6) is 0 Å². The molecule has 2 heterocycles. The number of carbonyl (C=O) groups excluding carboxylic acids is 1. The monoisotopic (exact) mass is 407 g/mol. The van der Waals surface area contributed by atoms with E-state index in [4.69, 9.17) is 0 Å². The van der Waals surface area contributed by atoms with Gasteiger partial charge in [0.1, 0.15) is 0 Å². The van der Waals surface area contributed by atoms with Crippen molar-refractivity contribution in [1.29, 1.82) is 0 Å². The summed E-state index contributed by atoms with van der Waals surface area (Å²) in [5.74, 6) is -0.425. The van der Waals surface area contributed by atoms with Crippen molar-refractivity contribution >= 4 is 15.7 Å². The molecule has 0 spiro atoms. The van der Waals surface area contributed by atoms with Gasteiger partial charge in [0.2, 0.25) is 0 Å². The number of nitrogens with zero attached hydrogens (tertiary/aromatic N) is 2. The van der Waals surface area contributed by atoms with Crippen LogP contribution in [0.15, 0.2) is 53.4 Å². The van der Waals surface area contributed by atoms with Crippen LogP contribution in [-0.4, -0.2) is 29.9 Å². The highest BCUT2D eigenvalue weighted by atomic mass is 32.2. The second-order valence-corrected chi connectivity index (χ2v) is 9.67. The second kappa shape index (κ2) is 6.56. The third kappa shape index (κ3) is 2.88. The molecule has 0 unspecified atom stereocenters. The largest absolute Gasteiger partial charge is 0.343 e. The molecule has 1 atom stereocenters. The average Bonchev–Trinajstić information content (AvgIpc) is 3.36. The van der Waals surface area contributed by atoms with E-state index >= 15 is 0 Å². The molecule has 5 rings (SSSR count). The molecule has 3 aromatic rings. The number of sulfone groups is 1. The number of aryl methyl sites for hydroxylation is 1. The Hall–Kier alpha value is -2.93. The molecule has 1 aliphatic carbocycles. The quantitative estimate of drug-likeness (QED) is 0.724. The standard InChI is InChI=1S/C22H21N3O3S/c1-14-7-2-4-10-18(14)25-19-11-6-9-16(19)21(24-25)22(26)23-17-13-29(27,28)20-12-5-3-8-15(17)20/h2-5,7-8,10,12,17H,6,9,11,13H2,1H3,(H,23,26)/t17-/m1/s1. The highest BCUT2D eigenvalue weighted by molar-refractivity contribution is 7.91. The zero-order valence-electron chi connectivity index (χ0n) is 16.1. The number of benzene rings is 2. The molecule has 0 saturated carbocycles. The first-order valence-electron chi connectivity index (χ1n) is 9.75. The van der Waals surface area contributed by atoms with Crippen LogP contribution in [-0.2, 0) is 22.7 Å². The summed E-state index contributed by atoms with van der Waals surface area (Å²) in [4.78, 5) is 13.4. The number of rotatable bonds is 3. The lowest BCUT2D eigenvalue weighted by molar-refractivity contribution is 0.0934. The Labute approximate surface area is 169 Å². The van der Waals surface area contributed by atoms with E-state index in [9.17, 15) is 13.2 Å². The molecule has 0 fully saturated rings. The molecule has 7 heteroatoms. The van der Waals surface area contributed by atoms with Gasteiger partial charge in [-0.15, -0.1) is 0 Å². The summed E-state index contributed by atoms with van der Waals surface area (Å²) in [6.07, 6.45) is 2.67. The first kappa shape index (κ1) is 18.1. The Morgan fingerprint density at radius 3 is 2.69 bits per heavy atom. The number of para-hydroxylation sites is 1. The highest BCUT2D eigenvalue weighted by Gasteiger charge is 2.36. The third-order valence-electron chi connectivity index (χ3n) is 5.81. The number of hydrogen-bond acceptors (Lipinski definition) is 4. The first-order valence-corrected chi connectivity index (χ1v) is 11.4. The molecule has 0 bridgehead atoms. The molecular weight excluding hydrogens is 386 g/mol. The van der Waals surface area contributed by atoms with E-state index in [-0.39, 0.29) is 11.7 Å². The van der Waals surface area contributed by atoms with Gasteiger partial charge in [-0.3, -0.25) is 4.79 Å².